The molecule has 0 bridgehead atoms. The molecule has 0 unspecified atom stereocenters. The normalized spacial score (nSPS) is 15.2. The molecule has 0 aliphatic heterocycles. The minimum absolute atomic E-state index is 0.0460. The molecule has 0 radical (unpaired) electrons. The first-order valence-electron chi connectivity index (χ1n) is 10.5. The van der Waals surface area contributed by atoms with Gasteiger partial charge in [-0.1, -0.05) is 31.0 Å². The van der Waals surface area contributed by atoms with Gasteiger partial charge in [-0.2, -0.15) is 5.26 Å². The number of benzene rings is 2. The van der Waals surface area contributed by atoms with Gasteiger partial charge >= 0.3 is 5.97 Å². The van der Waals surface area contributed by atoms with Crippen LogP contribution in [0.1, 0.15) is 43.7 Å². The molecule has 1 fully saturated rings. The molecule has 1 saturated carbocycles. The van der Waals surface area contributed by atoms with Crippen LogP contribution in [0.2, 0.25) is 0 Å². The van der Waals surface area contributed by atoms with Crippen molar-refractivity contribution in [2.75, 3.05) is 13.2 Å². The summed E-state index contributed by atoms with van der Waals surface area (Å²) in [5.74, 6) is -0.0460. The molecule has 30 heavy (non-hydrogen) atoms. The average molecular weight is 419 g/mol. The second-order valence-electron chi connectivity index (χ2n) is 7.98. The average Bonchev–Trinajstić information content (AvgIpc) is 3.41. The molecule has 0 saturated heterocycles. The molecule has 3 aromatic rings. The summed E-state index contributed by atoms with van der Waals surface area (Å²) < 4.78 is 6.60. The van der Waals surface area contributed by atoms with E-state index in [1.165, 1.54) is 20.5 Å². The molecule has 1 aromatic heterocycles. The highest BCUT2D eigenvalue weighted by Gasteiger charge is 2.42. The second-order valence-corrected chi connectivity index (χ2v) is 9.07. The Morgan fingerprint density at radius 1 is 1.17 bits per heavy atom. The number of carbonyl (C=O) groups excluding carboxylic acids is 1. The number of ether oxygens (including phenoxy) is 1. The fourth-order valence-corrected chi connectivity index (χ4v) is 5.34. The topological polar surface area (TPSA) is 62.1 Å². The van der Waals surface area contributed by atoms with E-state index < -0.39 is 0 Å². The minimum Gasteiger partial charge on any atom is -0.466 e. The Bertz CT molecular complexity index is 1070. The predicted molar refractivity (Wildman–Crippen MR) is 121 cm³/mol. The van der Waals surface area contributed by atoms with Gasteiger partial charge in [0.25, 0.3) is 0 Å². The number of fused-ring (bicyclic) bond motifs is 1. The van der Waals surface area contributed by atoms with E-state index in [9.17, 15) is 4.79 Å². The van der Waals surface area contributed by atoms with Gasteiger partial charge in [0.15, 0.2) is 0 Å². The van der Waals surface area contributed by atoms with Gasteiger partial charge in [-0.05, 0) is 66.6 Å². The molecule has 4 rings (SSSR count). The molecule has 1 N–H and O–H groups in total. The third kappa shape index (κ3) is 4.26. The van der Waals surface area contributed by atoms with Crippen LogP contribution in [0, 0.1) is 16.7 Å². The summed E-state index contributed by atoms with van der Waals surface area (Å²) in [4.78, 5) is 13.7. The molecule has 4 nitrogen and oxygen atoms in total. The van der Waals surface area contributed by atoms with Gasteiger partial charge in [-0.25, -0.2) is 0 Å². The van der Waals surface area contributed by atoms with Crippen molar-refractivity contribution in [3.05, 3.63) is 59.7 Å². The largest absolute Gasteiger partial charge is 0.466 e. The maximum atomic E-state index is 12.5. The lowest BCUT2D eigenvalue weighted by atomic mass is 9.86. The van der Waals surface area contributed by atoms with Crippen LogP contribution in [0.3, 0.4) is 0 Å². The minimum atomic E-state index is -0.356. The molecule has 0 atom stereocenters. The van der Waals surface area contributed by atoms with Crippen LogP contribution in [0.25, 0.3) is 20.5 Å². The summed E-state index contributed by atoms with van der Waals surface area (Å²) in [5.41, 5.74) is 2.66. The summed E-state index contributed by atoms with van der Waals surface area (Å²) in [6.45, 7) is 3.72. The van der Waals surface area contributed by atoms with Crippen LogP contribution in [0.15, 0.2) is 48.5 Å². The van der Waals surface area contributed by atoms with Gasteiger partial charge in [0.05, 0.1) is 23.7 Å². The monoisotopic (exact) mass is 418 g/mol. The lowest BCUT2D eigenvalue weighted by molar-refractivity contribution is -0.154. The lowest BCUT2D eigenvalue weighted by Crippen LogP contribution is -2.40. The van der Waals surface area contributed by atoms with Crippen molar-refractivity contribution < 1.29 is 9.53 Å². The number of nitrogens with zero attached hydrogens (tertiary/aromatic N) is 1. The van der Waals surface area contributed by atoms with E-state index in [-0.39, 0.29) is 11.4 Å². The smallest absolute Gasteiger partial charge is 0.313 e. The first-order valence-corrected chi connectivity index (χ1v) is 11.4. The highest BCUT2D eigenvalue weighted by atomic mass is 32.1. The molecule has 0 spiro atoms. The van der Waals surface area contributed by atoms with Crippen LogP contribution >= 0.6 is 11.3 Å². The maximum absolute atomic E-state index is 12.5. The fourth-order valence-electron chi connectivity index (χ4n) is 4.29. The Morgan fingerprint density at radius 2 is 1.93 bits per heavy atom. The Balaban J connectivity index is 1.45. The summed E-state index contributed by atoms with van der Waals surface area (Å²) in [5, 5.41) is 13.7. The van der Waals surface area contributed by atoms with Gasteiger partial charge in [0, 0.05) is 22.7 Å². The predicted octanol–water partition coefficient (Wildman–Crippen LogP) is 5.65. The van der Waals surface area contributed by atoms with Crippen molar-refractivity contribution in [1.82, 2.24) is 5.32 Å². The Hall–Kier alpha value is -2.68. The van der Waals surface area contributed by atoms with E-state index in [1.54, 1.807) is 11.3 Å². The van der Waals surface area contributed by atoms with Crippen molar-refractivity contribution in [1.29, 1.82) is 5.26 Å². The van der Waals surface area contributed by atoms with Crippen molar-refractivity contribution in [3.63, 3.8) is 0 Å². The van der Waals surface area contributed by atoms with E-state index in [4.69, 9.17) is 10.00 Å². The van der Waals surface area contributed by atoms with Crippen LogP contribution in [0.4, 0.5) is 0 Å². The highest BCUT2D eigenvalue weighted by molar-refractivity contribution is 7.22. The van der Waals surface area contributed by atoms with Gasteiger partial charge in [-0.15, -0.1) is 11.3 Å². The molecule has 154 valence electrons. The number of hydrogen-bond donors (Lipinski definition) is 1. The van der Waals surface area contributed by atoms with Gasteiger partial charge in [0.2, 0.25) is 0 Å². The van der Waals surface area contributed by atoms with Crippen LogP contribution < -0.4 is 5.32 Å². The first-order chi connectivity index (χ1) is 14.6. The van der Waals surface area contributed by atoms with Crippen molar-refractivity contribution in [2.24, 2.45) is 5.41 Å². The summed E-state index contributed by atoms with van der Waals surface area (Å²) in [7, 11) is 0. The molecule has 1 aliphatic carbocycles. The van der Waals surface area contributed by atoms with Crippen LogP contribution in [0.5, 0.6) is 0 Å². The van der Waals surface area contributed by atoms with E-state index in [2.05, 4.69) is 35.7 Å². The second kappa shape index (κ2) is 8.99. The number of carbonyl (C=O) groups is 1. The van der Waals surface area contributed by atoms with Gasteiger partial charge in [0.1, 0.15) is 0 Å². The quantitative estimate of drug-likeness (QED) is 0.503. The zero-order valence-corrected chi connectivity index (χ0v) is 18.1. The van der Waals surface area contributed by atoms with Crippen LogP contribution in [-0.2, 0) is 16.1 Å². The van der Waals surface area contributed by atoms with Crippen molar-refractivity contribution in [2.45, 2.75) is 39.2 Å². The van der Waals surface area contributed by atoms with E-state index >= 15 is 0 Å². The summed E-state index contributed by atoms with van der Waals surface area (Å²) in [6, 6.07) is 18.6. The lowest BCUT2D eigenvalue weighted by Gasteiger charge is -2.26. The third-order valence-electron chi connectivity index (χ3n) is 5.94. The maximum Gasteiger partial charge on any atom is 0.313 e. The van der Waals surface area contributed by atoms with E-state index in [0.29, 0.717) is 18.7 Å². The molecule has 1 heterocycles. The number of thiophene rings is 1. The fraction of sp³-hybridized carbons (Fsp3) is 0.360. The molecular formula is C25H26N2O2S. The van der Waals surface area contributed by atoms with E-state index in [0.717, 1.165) is 37.8 Å². The highest BCUT2D eigenvalue weighted by Crippen LogP contribution is 2.39. The summed E-state index contributed by atoms with van der Waals surface area (Å²) in [6.07, 6.45) is 4.02. The number of rotatable bonds is 7. The SMILES string of the molecule is CCOC(=O)C1(CNCc2ccc3sc(-c4ccc(C#N)cc4)cc3c2)CCCC1. The first kappa shape index (κ1) is 20.6. The van der Waals surface area contributed by atoms with Crippen molar-refractivity contribution >= 4 is 27.4 Å². The number of esters is 1. The van der Waals surface area contributed by atoms with Crippen molar-refractivity contribution in [3.8, 4) is 16.5 Å². The van der Waals surface area contributed by atoms with Gasteiger partial charge in [-0.3, -0.25) is 4.79 Å². The molecule has 1 aliphatic rings. The Kier molecular flexibility index (Phi) is 6.17. The van der Waals surface area contributed by atoms with Gasteiger partial charge < -0.3 is 10.1 Å². The molecule has 5 heteroatoms. The number of nitrogens with one attached hydrogen (secondary N) is 1. The standard InChI is InChI=1S/C25H26N2O2S/c1-2-29-24(28)25(11-3-4-12-25)17-27-16-19-7-10-22-21(13-19)14-23(30-22)20-8-5-18(15-26)6-9-20/h5-10,13-14,27H,2-4,11-12,16-17H2,1H3. The summed E-state index contributed by atoms with van der Waals surface area (Å²) >= 11 is 1.76. The zero-order chi connectivity index (χ0) is 21.0. The number of hydrogen-bond acceptors (Lipinski definition) is 5. The zero-order valence-electron chi connectivity index (χ0n) is 17.2. The molecule has 2 aromatic carbocycles. The molecular weight excluding hydrogens is 392 g/mol. The molecule has 0 amide bonds. The Labute approximate surface area is 181 Å². The Morgan fingerprint density at radius 3 is 2.63 bits per heavy atom. The third-order valence-corrected chi connectivity index (χ3v) is 7.11. The number of nitriles is 1. The van der Waals surface area contributed by atoms with E-state index in [1.807, 2.05) is 31.2 Å². The van der Waals surface area contributed by atoms with Crippen LogP contribution in [-0.4, -0.2) is 19.1 Å².